The van der Waals surface area contributed by atoms with Crippen molar-refractivity contribution in [1.82, 2.24) is 14.8 Å². The molecule has 0 bridgehead atoms. The van der Waals surface area contributed by atoms with E-state index in [9.17, 15) is 9.18 Å². The standard InChI is InChI=1S/C26H23FN4O3S/c27-18-7-5-17(25-30-29-24-4-2-1-3-11-31(24)25)14-19(18)28-26(32)23-10-9-22(35-23)16-6-8-20-21(15-16)34-13-12-33-20/h5-10,14-15H,1-4,11-13H2,(H,28,32). The molecule has 35 heavy (non-hydrogen) atoms. The van der Waals surface area contributed by atoms with E-state index >= 15 is 0 Å². The van der Waals surface area contributed by atoms with Gasteiger partial charge in [-0.05, 0) is 66.9 Å². The minimum atomic E-state index is -0.499. The van der Waals surface area contributed by atoms with Crippen molar-refractivity contribution in [1.29, 1.82) is 0 Å². The Morgan fingerprint density at radius 3 is 2.71 bits per heavy atom. The maximum atomic E-state index is 14.6. The van der Waals surface area contributed by atoms with Gasteiger partial charge in [0.25, 0.3) is 5.91 Å². The summed E-state index contributed by atoms with van der Waals surface area (Å²) in [5.74, 6) is 2.20. The van der Waals surface area contributed by atoms with E-state index in [4.69, 9.17) is 9.47 Å². The second-order valence-electron chi connectivity index (χ2n) is 8.57. The van der Waals surface area contributed by atoms with Crippen molar-refractivity contribution in [3.63, 3.8) is 0 Å². The maximum absolute atomic E-state index is 14.6. The molecule has 2 aromatic heterocycles. The number of nitrogens with one attached hydrogen (secondary N) is 1. The van der Waals surface area contributed by atoms with Crippen LogP contribution in [0, 0.1) is 5.82 Å². The normalized spacial score (nSPS) is 14.8. The molecule has 4 heterocycles. The molecule has 0 aliphatic carbocycles. The second kappa shape index (κ2) is 9.14. The highest BCUT2D eigenvalue weighted by atomic mass is 32.1. The molecule has 4 aromatic rings. The number of aromatic nitrogens is 3. The number of thiophene rings is 1. The highest BCUT2D eigenvalue weighted by molar-refractivity contribution is 7.17. The van der Waals surface area contributed by atoms with E-state index < -0.39 is 5.82 Å². The van der Waals surface area contributed by atoms with Crippen molar-refractivity contribution < 1.29 is 18.7 Å². The number of fused-ring (bicyclic) bond motifs is 2. The summed E-state index contributed by atoms with van der Waals surface area (Å²) < 4.78 is 28.0. The Kier molecular flexibility index (Phi) is 5.69. The van der Waals surface area contributed by atoms with Gasteiger partial charge in [-0.1, -0.05) is 6.42 Å². The van der Waals surface area contributed by atoms with Gasteiger partial charge in [-0.25, -0.2) is 4.39 Å². The second-order valence-corrected chi connectivity index (χ2v) is 9.66. The zero-order chi connectivity index (χ0) is 23.8. The molecule has 1 amide bonds. The van der Waals surface area contributed by atoms with Crippen molar-refractivity contribution in [2.24, 2.45) is 0 Å². The van der Waals surface area contributed by atoms with Crippen LogP contribution in [0.5, 0.6) is 11.5 Å². The van der Waals surface area contributed by atoms with Crippen LogP contribution in [0.4, 0.5) is 10.1 Å². The number of halogens is 1. The Bertz CT molecular complexity index is 1410. The summed E-state index contributed by atoms with van der Waals surface area (Å²) in [7, 11) is 0. The molecule has 1 N–H and O–H groups in total. The summed E-state index contributed by atoms with van der Waals surface area (Å²) in [6.45, 7) is 1.89. The Morgan fingerprint density at radius 1 is 0.943 bits per heavy atom. The Labute approximate surface area is 205 Å². The SMILES string of the molecule is O=C(Nc1cc(-c2nnc3n2CCCCC3)ccc1F)c1ccc(-c2ccc3c(c2)OCCO3)s1. The van der Waals surface area contributed by atoms with Crippen LogP contribution >= 0.6 is 11.3 Å². The summed E-state index contributed by atoms with van der Waals surface area (Å²) in [4.78, 5) is 14.4. The van der Waals surface area contributed by atoms with Crippen molar-refractivity contribution in [2.45, 2.75) is 32.2 Å². The number of carbonyl (C=O) groups is 1. The van der Waals surface area contributed by atoms with E-state index in [2.05, 4.69) is 20.1 Å². The van der Waals surface area contributed by atoms with E-state index in [1.54, 1.807) is 18.2 Å². The minimum Gasteiger partial charge on any atom is -0.486 e. The minimum absolute atomic E-state index is 0.118. The lowest BCUT2D eigenvalue weighted by molar-refractivity contribution is 0.103. The number of carbonyl (C=O) groups excluding carboxylic acids is 1. The quantitative estimate of drug-likeness (QED) is 0.405. The van der Waals surface area contributed by atoms with Crippen LogP contribution in [0.3, 0.4) is 0 Å². The fourth-order valence-electron chi connectivity index (χ4n) is 4.45. The first-order valence-electron chi connectivity index (χ1n) is 11.7. The fourth-order valence-corrected chi connectivity index (χ4v) is 5.35. The number of hydrogen-bond donors (Lipinski definition) is 1. The molecule has 178 valence electrons. The third kappa shape index (κ3) is 4.27. The molecule has 0 saturated heterocycles. The molecule has 0 fully saturated rings. The van der Waals surface area contributed by atoms with Crippen LogP contribution in [-0.4, -0.2) is 33.9 Å². The van der Waals surface area contributed by atoms with Crippen molar-refractivity contribution in [2.75, 3.05) is 18.5 Å². The fraction of sp³-hybridized carbons (Fsp3) is 0.269. The maximum Gasteiger partial charge on any atom is 0.265 e. The summed E-state index contributed by atoms with van der Waals surface area (Å²) in [5.41, 5.74) is 1.78. The Morgan fingerprint density at radius 2 is 1.80 bits per heavy atom. The molecule has 0 saturated carbocycles. The number of amides is 1. The average Bonchev–Trinajstić information content (AvgIpc) is 3.47. The summed E-state index contributed by atoms with van der Waals surface area (Å²) in [5, 5.41) is 11.4. The molecule has 0 spiro atoms. The molecular formula is C26H23FN4O3S. The third-order valence-electron chi connectivity index (χ3n) is 6.24. The van der Waals surface area contributed by atoms with Gasteiger partial charge in [0.1, 0.15) is 24.9 Å². The van der Waals surface area contributed by atoms with E-state index in [1.165, 1.54) is 17.4 Å². The van der Waals surface area contributed by atoms with Gasteiger partial charge in [0.2, 0.25) is 0 Å². The molecule has 2 aliphatic rings. The summed E-state index contributed by atoms with van der Waals surface area (Å²) in [6, 6.07) is 14.0. The number of nitrogens with zero attached hydrogens (tertiary/aromatic N) is 3. The van der Waals surface area contributed by atoms with Gasteiger partial charge in [0, 0.05) is 23.4 Å². The van der Waals surface area contributed by atoms with Gasteiger partial charge >= 0.3 is 0 Å². The lowest BCUT2D eigenvalue weighted by Crippen LogP contribution is -2.15. The van der Waals surface area contributed by atoms with Gasteiger partial charge < -0.3 is 19.4 Å². The highest BCUT2D eigenvalue weighted by Gasteiger charge is 2.19. The van der Waals surface area contributed by atoms with E-state index in [1.807, 2.05) is 24.3 Å². The number of aryl methyl sites for hydroxylation is 1. The zero-order valence-corrected chi connectivity index (χ0v) is 19.7. The largest absolute Gasteiger partial charge is 0.486 e. The zero-order valence-electron chi connectivity index (χ0n) is 18.9. The monoisotopic (exact) mass is 490 g/mol. The van der Waals surface area contributed by atoms with Crippen LogP contribution in [0.1, 0.15) is 34.8 Å². The van der Waals surface area contributed by atoms with Crippen LogP contribution < -0.4 is 14.8 Å². The number of ether oxygens (including phenoxy) is 2. The van der Waals surface area contributed by atoms with Crippen molar-refractivity contribution in [3.05, 3.63) is 65.0 Å². The molecule has 2 aromatic carbocycles. The highest BCUT2D eigenvalue weighted by Crippen LogP contribution is 2.37. The van der Waals surface area contributed by atoms with Gasteiger partial charge in [-0.15, -0.1) is 21.5 Å². The van der Waals surface area contributed by atoms with E-state index in [0.29, 0.717) is 29.7 Å². The topological polar surface area (TPSA) is 78.3 Å². The molecule has 0 atom stereocenters. The number of anilines is 1. The van der Waals surface area contributed by atoms with Crippen molar-refractivity contribution in [3.8, 4) is 33.3 Å². The summed E-state index contributed by atoms with van der Waals surface area (Å²) >= 11 is 1.34. The van der Waals surface area contributed by atoms with E-state index in [-0.39, 0.29) is 11.6 Å². The van der Waals surface area contributed by atoms with Gasteiger partial charge in [-0.2, -0.15) is 0 Å². The first-order valence-corrected chi connectivity index (χ1v) is 12.5. The van der Waals surface area contributed by atoms with Crippen LogP contribution in [0.2, 0.25) is 0 Å². The van der Waals surface area contributed by atoms with Gasteiger partial charge in [0.05, 0.1) is 10.6 Å². The van der Waals surface area contributed by atoms with Crippen LogP contribution in [-0.2, 0) is 13.0 Å². The van der Waals surface area contributed by atoms with Gasteiger partial charge in [0.15, 0.2) is 17.3 Å². The van der Waals surface area contributed by atoms with Crippen LogP contribution in [0.25, 0.3) is 21.8 Å². The molecule has 2 aliphatic heterocycles. The first-order chi connectivity index (χ1) is 17.2. The lowest BCUT2D eigenvalue weighted by Gasteiger charge is -2.18. The van der Waals surface area contributed by atoms with E-state index in [0.717, 1.165) is 59.8 Å². The predicted octanol–water partition coefficient (Wildman–Crippen LogP) is 5.56. The third-order valence-corrected chi connectivity index (χ3v) is 7.37. The number of benzene rings is 2. The number of rotatable bonds is 4. The molecule has 7 nitrogen and oxygen atoms in total. The molecular weight excluding hydrogens is 467 g/mol. The average molecular weight is 491 g/mol. The Balaban J connectivity index is 1.23. The summed E-state index contributed by atoms with van der Waals surface area (Å²) in [6.07, 6.45) is 4.20. The molecule has 9 heteroatoms. The molecule has 6 rings (SSSR count). The van der Waals surface area contributed by atoms with Crippen LogP contribution in [0.15, 0.2) is 48.5 Å². The smallest absolute Gasteiger partial charge is 0.265 e. The number of hydrogen-bond acceptors (Lipinski definition) is 6. The predicted molar refractivity (Wildman–Crippen MR) is 132 cm³/mol. The first kappa shape index (κ1) is 21.8. The van der Waals surface area contributed by atoms with Crippen molar-refractivity contribution >= 4 is 22.9 Å². The molecule has 0 radical (unpaired) electrons. The Hall–Kier alpha value is -3.72. The molecule has 0 unspecified atom stereocenters. The van der Waals surface area contributed by atoms with Gasteiger partial charge in [-0.3, -0.25) is 4.79 Å². The lowest BCUT2D eigenvalue weighted by atomic mass is 10.1.